The predicted molar refractivity (Wildman–Crippen MR) is 107 cm³/mol. The molecule has 0 radical (unpaired) electrons. The van der Waals surface area contributed by atoms with E-state index in [2.05, 4.69) is 4.98 Å². The molecule has 0 unspecified atom stereocenters. The number of methoxy groups -OCH3 is 1. The molecule has 1 aromatic heterocycles. The Bertz CT molecular complexity index is 1010. The molecule has 32 heavy (non-hydrogen) atoms. The Hall–Kier alpha value is -3.21. The molecule has 1 N–H and O–H groups in total. The maximum atomic E-state index is 13.0. The first-order valence-electron chi connectivity index (χ1n) is 9.88. The van der Waals surface area contributed by atoms with Gasteiger partial charge in [-0.25, -0.2) is 9.78 Å². The molecule has 2 amide bonds. The summed E-state index contributed by atoms with van der Waals surface area (Å²) in [4.78, 5) is 42.4. The highest BCUT2D eigenvalue weighted by molar-refractivity contribution is 5.96. The topological polar surface area (TPSA) is 100 Å². The lowest BCUT2D eigenvalue weighted by atomic mass is 10.1. The van der Waals surface area contributed by atoms with E-state index in [4.69, 9.17) is 14.6 Å². The summed E-state index contributed by atoms with van der Waals surface area (Å²) in [5.41, 5.74) is 1.26. The van der Waals surface area contributed by atoms with Gasteiger partial charge in [-0.2, -0.15) is 13.2 Å². The third kappa shape index (κ3) is 4.98. The van der Waals surface area contributed by atoms with Gasteiger partial charge in [-0.1, -0.05) is 24.3 Å². The SMILES string of the molecule is COCCN1C(=O)C[C@@H]2[C@H]1CCN2C(=O)c1ccc2ccccc2n1.O=C(O)C(F)(F)F. The van der Waals surface area contributed by atoms with Crippen LogP contribution in [0.1, 0.15) is 23.3 Å². The molecule has 3 heterocycles. The highest BCUT2D eigenvalue weighted by atomic mass is 19.4. The van der Waals surface area contributed by atoms with Crippen LogP contribution < -0.4 is 0 Å². The van der Waals surface area contributed by atoms with Crippen molar-refractivity contribution in [1.82, 2.24) is 14.8 Å². The molecule has 4 rings (SSSR count). The van der Waals surface area contributed by atoms with Crippen LogP contribution >= 0.6 is 0 Å². The van der Waals surface area contributed by atoms with Gasteiger partial charge in [0.1, 0.15) is 5.69 Å². The molecule has 2 aromatic rings. The van der Waals surface area contributed by atoms with Crippen LogP contribution in [-0.4, -0.2) is 82.7 Å². The summed E-state index contributed by atoms with van der Waals surface area (Å²) >= 11 is 0. The number of hydrogen-bond donors (Lipinski definition) is 1. The normalized spacial score (nSPS) is 20.2. The van der Waals surface area contributed by atoms with Crippen molar-refractivity contribution in [2.24, 2.45) is 0 Å². The third-order valence-electron chi connectivity index (χ3n) is 5.47. The standard InChI is InChI=1S/C19H21N3O3.C2HF3O2/c1-25-11-10-21-16-8-9-22(17(16)12-18(21)23)19(24)15-7-6-13-4-2-3-5-14(13)20-15;3-2(4,5)1(6)7/h2-7,16-17H,8-12H2,1H3;(H,6,7)/t16-,17-;/m1./s1. The van der Waals surface area contributed by atoms with Crippen LogP contribution in [0.2, 0.25) is 0 Å². The molecule has 2 aliphatic rings. The second-order valence-corrected chi connectivity index (χ2v) is 7.40. The van der Waals surface area contributed by atoms with Crippen LogP contribution in [0.25, 0.3) is 10.9 Å². The van der Waals surface area contributed by atoms with E-state index in [1.54, 1.807) is 13.2 Å². The van der Waals surface area contributed by atoms with Crippen LogP contribution in [0, 0.1) is 0 Å². The van der Waals surface area contributed by atoms with E-state index in [-0.39, 0.29) is 23.9 Å². The number of aliphatic carboxylic acids is 1. The summed E-state index contributed by atoms with van der Waals surface area (Å²) in [5.74, 6) is -2.73. The number of pyridine rings is 1. The predicted octanol–water partition coefficient (Wildman–Crippen LogP) is 2.33. The lowest BCUT2D eigenvalue weighted by molar-refractivity contribution is -0.192. The number of carbonyl (C=O) groups excluding carboxylic acids is 2. The van der Waals surface area contributed by atoms with Crippen LogP contribution in [0.4, 0.5) is 13.2 Å². The Morgan fingerprint density at radius 1 is 1.19 bits per heavy atom. The second kappa shape index (κ2) is 9.51. The van der Waals surface area contributed by atoms with Gasteiger partial charge < -0.3 is 19.6 Å². The van der Waals surface area contributed by atoms with Crippen molar-refractivity contribution in [3.05, 3.63) is 42.1 Å². The first-order valence-corrected chi connectivity index (χ1v) is 9.88. The first kappa shape index (κ1) is 23.5. The van der Waals surface area contributed by atoms with Gasteiger partial charge in [0.05, 0.1) is 24.2 Å². The number of rotatable bonds is 4. The Labute approximate surface area is 181 Å². The van der Waals surface area contributed by atoms with Gasteiger partial charge in [-0.05, 0) is 18.6 Å². The minimum Gasteiger partial charge on any atom is -0.475 e. The highest BCUT2D eigenvalue weighted by Gasteiger charge is 2.48. The molecule has 2 saturated heterocycles. The molecule has 11 heteroatoms. The summed E-state index contributed by atoms with van der Waals surface area (Å²) < 4.78 is 36.8. The molecule has 0 saturated carbocycles. The summed E-state index contributed by atoms with van der Waals surface area (Å²) in [7, 11) is 1.63. The molecule has 172 valence electrons. The van der Waals surface area contributed by atoms with Gasteiger partial charge >= 0.3 is 12.1 Å². The van der Waals surface area contributed by atoms with Crippen molar-refractivity contribution in [3.63, 3.8) is 0 Å². The van der Waals surface area contributed by atoms with Gasteiger partial charge in [0.15, 0.2) is 0 Å². The van der Waals surface area contributed by atoms with Crippen LogP contribution in [0.15, 0.2) is 36.4 Å². The number of halogens is 3. The summed E-state index contributed by atoms with van der Waals surface area (Å²) in [6.07, 6.45) is -3.87. The number of hydrogen-bond acceptors (Lipinski definition) is 5. The number of benzene rings is 1. The van der Waals surface area contributed by atoms with E-state index in [1.807, 2.05) is 40.1 Å². The van der Waals surface area contributed by atoms with E-state index in [0.29, 0.717) is 31.8 Å². The number of fused-ring (bicyclic) bond motifs is 2. The minimum absolute atomic E-state index is 0.0508. The molecule has 2 atom stereocenters. The zero-order valence-electron chi connectivity index (χ0n) is 17.2. The largest absolute Gasteiger partial charge is 0.490 e. The quantitative estimate of drug-likeness (QED) is 0.763. The number of amides is 2. The molecule has 0 bridgehead atoms. The van der Waals surface area contributed by atoms with E-state index >= 15 is 0 Å². The van der Waals surface area contributed by atoms with Crippen molar-refractivity contribution >= 4 is 28.7 Å². The average Bonchev–Trinajstić information content (AvgIpc) is 3.29. The van der Waals surface area contributed by atoms with Gasteiger partial charge in [0, 0.05) is 32.0 Å². The fraction of sp³-hybridized carbons (Fsp3) is 0.429. The summed E-state index contributed by atoms with van der Waals surface area (Å²) in [6, 6.07) is 11.5. The van der Waals surface area contributed by atoms with Crippen LogP contribution in [0.3, 0.4) is 0 Å². The van der Waals surface area contributed by atoms with Gasteiger partial charge in [-0.3, -0.25) is 9.59 Å². The van der Waals surface area contributed by atoms with Gasteiger partial charge in [-0.15, -0.1) is 0 Å². The van der Waals surface area contributed by atoms with E-state index in [1.165, 1.54) is 0 Å². The number of likely N-dealkylation sites (tertiary alicyclic amines) is 2. The van der Waals surface area contributed by atoms with Crippen molar-refractivity contribution in [2.75, 3.05) is 26.8 Å². The van der Waals surface area contributed by atoms with Crippen LogP contribution in [-0.2, 0) is 14.3 Å². The van der Waals surface area contributed by atoms with E-state index in [0.717, 1.165) is 17.3 Å². The monoisotopic (exact) mass is 453 g/mol. The summed E-state index contributed by atoms with van der Waals surface area (Å²) in [6.45, 7) is 1.78. The smallest absolute Gasteiger partial charge is 0.475 e. The third-order valence-corrected chi connectivity index (χ3v) is 5.47. The zero-order chi connectivity index (χ0) is 23.5. The Kier molecular flexibility index (Phi) is 6.97. The number of ether oxygens (including phenoxy) is 1. The molecular weight excluding hydrogens is 431 g/mol. The second-order valence-electron chi connectivity index (χ2n) is 7.40. The molecule has 2 fully saturated rings. The lowest BCUT2D eigenvalue weighted by Gasteiger charge is -2.25. The Morgan fingerprint density at radius 3 is 2.53 bits per heavy atom. The van der Waals surface area contributed by atoms with E-state index in [9.17, 15) is 22.8 Å². The van der Waals surface area contributed by atoms with Crippen LogP contribution in [0.5, 0.6) is 0 Å². The number of carboxylic acids is 1. The van der Waals surface area contributed by atoms with Gasteiger partial charge in [0.25, 0.3) is 5.91 Å². The Morgan fingerprint density at radius 2 is 1.88 bits per heavy atom. The number of carbonyl (C=O) groups is 3. The molecular formula is C21H22F3N3O5. The molecule has 8 nitrogen and oxygen atoms in total. The molecule has 1 aromatic carbocycles. The average molecular weight is 453 g/mol. The van der Waals surface area contributed by atoms with Crippen molar-refractivity contribution in [2.45, 2.75) is 31.1 Å². The van der Waals surface area contributed by atoms with Crippen molar-refractivity contribution in [3.8, 4) is 0 Å². The lowest BCUT2D eigenvalue weighted by Crippen LogP contribution is -2.41. The summed E-state index contributed by atoms with van der Waals surface area (Å²) in [5, 5.41) is 8.14. The number of nitrogens with zero attached hydrogens (tertiary/aromatic N) is 3. The Balaban J connectivity index is 0.000000360. The van der Waals surface area contributed by atoms with Gasteiger partial charge in [0.2, 0.25) is 5.91 Å². The highest BCUT2D eigenvalue weighted by Crippen LogP contribution is 2.33. The van der Waals surface area contributed by atoms with E-state index < -0.39 is 12.1 Å². The number of alkyl halides is 3. The molecule has 2 aliphatic heterocycles. The van der Waals surface area contributed by atoms with Crippen molar-refractivity contribution in [1.29, 1.82) is 0 Å². The minimum atomic E-state index is -5.08. The maximum absolute atomic E-state index is 13.0. The zero-order valence-corrected chi connectivity index (χ0v) is 17.2. The first-order chi connectivity index (χ1) is 15.1. The maximum Gasteiger partial charge on any atom is 0.490 e. The fourth-order valence-corrected chi connectivity index (χ4v) is 3.99. The molecule has 0 spiro atoms. The molecule has 0 aliphatic carbocycles. The fourth-order valence-electron chi connectivity index (χ4n) is 3.99. The van der Waals surface area contributed by atoms with Crippen molar-refractivity contribution < 1.29 is 37.4 Å². The number of aromatic nitrogens is 1. The number of para-hydroxylation sites is 1. The number of carboxylic acid groups (broad SMARTS) is 1.